The molecule has 144 valence electrons. The second kappa shape index (κ2) is 7.52. The molecule has 6 nitrogen and oxygen atoms in total. The number of rotatable bonds is 3. The molecular weight excluding hydrogens is 364 g/mol. The van der Waals surface area contributed by atoms with Gasteiger partial charge in [-0.1, -0.05) is 39.0 Å². The van der Waals surface area contributed by atoms with Crippen LogP contribution in [0, 0.1) is 6.92 Å². The predicted molar refractivity (Wildman–Crippen MR) is 104 cm³/mol. The zero-order valence-electron chi connectivity index (χ0n) is 16.1. The number of benzene rings is 2. The number of amides is 2. The van der Waals surface area contributed by atoms with Gasteiger partial charge in [0.05, 0.1) is 4.90 Å². The van der Waals surface area contributed by atoms with E-state index in [-0.39, 0.29) is 15.9 Å². The predicted octanol–water partition coefficient (Wildman–Crippen LogP) is 2.77. The van der Waals surface area contributed by atoms with E-state index in [1.165, 1.54) is 12.1 Å². The van der Waals surface area contributed by atoms with Crippen LogP contribution >= 0.6 is 0 Å². The zero-order valence-corrected chi connectivity index (χ0v) is 16.9. The van der Waals surface area contributed by atoms with Gasteiger partial charge in [-0.05, 0) is 47.7 Å². The maximum absolute atomic E-state index is 12.3. The molecule has 0 radical (unpaired) electrons. The first kappa shape index (κ1) is 20.6. The third-order valence-corrected chi connectivity index (χ3v) is 5.29. The standard InChI is InChI=1S/C20H24N2O4S/c1-13-6-11-16(27(5,25)26)12-17(13)19(24)22-21-18(23)14-7-9-15(10-8-14)20(2,3)4/h6-12H,1-5H3,(H,21,23)(H,22,24). The van der Waals surface area contributed by atoms with E-state index in [0.29, 0.717) is 11.1 Å². The number of carbonyl (C=O) groups excluding carboxylic acids is 2. The molecule has 2 N–H and O–H groups in total. The van der Waals surface area contributed by atoms with Crippen LogP contribution in [-0.4, -0.2) is 26.5 Å². The topological polar surface area (TPSA) is 92.3 Å². The molecule has 7 heteroatoms. The molecule has 0 aliphatic heterocycles. The Labute approximate surface area is 159 Å². The van der Waals surface area contributed by atoms with Crippen molar-refractivity contribution in [2.75, 3.05) is 6.26 Å². The smallest absolute Gasteiger partial charge is 0.267 e. The molecule has 0 saturated heterocycles. The second-order valence-corrected chi connectivity index (χ2v) is 9.50. The quantitative estimate of drug-likeness (QED) is 0.791. The summed E-state index contributed by atoms with van der Waals surface area (Å²) in [5.74, 6) is -1.04. The fraction of sp³-hybridized carbons (Fsp3) is 0.300. The summed E-state index contributed by atoms with van der Waals surface area (Å²) in [5, 5.41) is 0. The first-order valence-electron chi connectivity index (χ1n) is 8.41. The molecule has 0 spiro atoms. The van der Waals surface area contributed by atoms with Crippen molar-refractivity contribution in [1.82, 2.24) is 10.9 Å². The van der Waals surface area contributed by atoms with Crippen molar-refractivity contribution >= 4 is 21.7 Å². The van der Waals surface area contributed by atoms with Gasteiger partial charge < -0.3 is 0 Å². The molecule has 0 aliphatic carbocycles. The molecule has 2 aromatic carbocycles. The molecule has 0 bridgehead atoms. The molecular formula is C20H24N2O4S. The maximum Gasteiger partial charge on any atom is 0.270 e. The molecule has 0 saturated carbocycles. The lowest BCUT2D eigenvalue weighted by molar-refractivity contribution is 0.0846. The Balaban J connectivity index is 2.10. The number of sulfone groups is 1. The fourth-order valence-corrected chi connectivity index (χ4v) is 3.10. The van der Waals surface area contributed by atoms with Crippen molar-refractivity contribution in [3.8, 4) is 0 Å². The Morgan fingerprint density at radius 1 is 0.889 bits per heavy atom. The van der Waals surface area contributed by atoms with Gasteiger partial charge in [-0.25, -0.2) is 8.42 Å². The Morgan fingerprint density at radius 3 is 1.96 bits per heavy atom. The molecule has 0 unspecified atom stereocenters. The Hall–Kier alpha value is -2.67. The van der Waals surface area contributed by atoms with E-state index in [9.17, 15) is 18.0 Å². The molecule has 0 fully saturated rings. The average molecular weight is 388 g/mol. The SMILES string of the molecule is Cc1ccc(S(C)(=O)=O)cc1C(=O)NNC(=O)c1ccc(C(C)(C)C)cc1. The monoisotopic (exact) mass is 388 g/mol. The van der Waals surface area contributed by atoms with Crippen LogP contribution in [0.25, 0.3) is 0 Å². The van der Waals surface area contributed by atoms with E-state index in [1.807, 2.05) is 12.1 Å². The number of hydrogen-bond acceptors (Lipinski definition) is 4. The Morgan fingerprint density at radius 2 is 1.44 bits per heavy atom. The van der Waals surface area contributed by atoms with Crippen molar-refractivity contribution < 1.29 is 18.0 Å². The van der Waals surface area contributed by atoms with Gasteiger partial charge in [-0.2, -0.15) is 0 Å². The molecule has 27 heavy (non-hydrogen) atoms. The lowest BCUT2D eigenvalue weighted by Gasteiger charge is -2.19. The molecule has 0 heterocycles. The molecule has 0 aliphatic rings. The lowest BCUT2D eigenvalue weighted by Crippen LogP contribution is -2.41. The average Bonchev–Trinajstić information content (AvgIpc) is 2.58. The number of aryl methyl sites for hydroxylation is 1. The largest absolute Gasteiger partial charge is 0.270 e. The summed E-state index contributed by atoms with van der Waals surface area (Å²) in [6.07, 6.45) is 1.07. The molecule has 2 rings (SSSR count). The summed E-state index contributed by atoms with van der Waals surface area (Å²) in [5.41, 5.74) is 6.94. The highest BCUT2D eigenvalue weighted by Gasteiger charge is 2.17. The van der Waals surface area contributed by atoms with Gasteiger partial charge in [0.25, 0.3) is 11.8 Å². The first-order chi connectivity index (χ1) is 12.4. The van der Waals surface area contributed by atoms with Gasteiger partial charge in [0.1, 0.15) is 0 Å². The number of hydrogen-bond donors (Lipinski definition) is 2. The molecule has 0 atom stereocenters. The lowest BCUT2D eigenvalue weighted by atomic mass is 9.87. The minimum Gasteiger partial charge on any atom is -0.267 e. The van der Waals surface area contributed by atoms with Crippen LogP contribution < -0.4 is 10.9 Å². The third kappa shape index (κ3) is 5.17. The maximum atomic E-state index is 12.3. The zero-order chi connectivity index (χ0) is 20.4. The molecule has 2 amide bonds. The number of carbonyl (C=O) groups is 2. The van der Waals surface area contributed by atoms with Crippen LogP contribution in [0.1, 0.15) is 52.6 Å². The Kier molecular flexibility index (Phi) is 5.75. The summed E-state index contributed by atoms with van der Waals surface area (Å²) in [7, 11) is -3.43. The van der Waals surface area contributed by atoms with Gasteiger partial charge in [-0.15, -0.1) is 0 Å². The van der Waals surface area contributed by atoms with E-state index in [2.05, 4.69) is 31.6 Å². The minimum absolute atomic E-state index is 0.0224. The van der Waals surface area contributed by atoms with Crippen LogP contribution in [-0.2, 0) is 15.3 Å². The molecule has 2 aromatic rings. The summed E-state index contributed by atoms with van der Waals surface area (Å²) >= 11 is 0. The summed E-state index contributed by atoms with van der Waals surface area (Å²) in [4.78, 5) is 24.6. The van der Waals surface area contributed by atoms with Gasteiger partial charge >= 0.3 is 0 Å². The van der Waals surface area contributed by atoms with E-state index >= 15 is 0 Å². The van der Waals surface area contributed by atoms with Crippen molar-refractivity contribution in [3.63, 3.8) is 0 Å². The highest BCUT2D eigenvalue weighted by Crippen LogP contribution is 2.22. The van der Waals surface area contributed by atoms with Crippen LogP contribution in [0.15, 0.2) is 47.4 Å². The van der Waals surface area contributed by atoms with Gasteiger partial charge in [-0.3, -0.25) is 20.4 Å². The van der Waals surface area contributed by atoms with E-state index < -0.39 is 21.7 Å². The first-order valence-corrected chi connectivity index (χ1v) is 10.3. The van der Waals surface area contributed by atoms with Crippen molar-refractivity contribution in [2.24, 2.45) is 0 Å². The number of hydrazine groups is 1. The van der Waals surface area contributed by atoms with Crippen LogP contribution in [0.3, 0.4) is 0 Å². The van der Waals surface area contributed by atoms with Crippen molar-refractivity contribution in [1.29, 1.82) is 0 Å². The van der Waals surface area contributed by atoms with Crippen LogP contribution in [0.2, 0.25) is 0 Å². The third-order valence-electron chi connectivity index (χ3n) is 4.18. The Bertz CT molecular complexity index is 972. The summed E-state index contributed by atoms with van der Waals surface area (Å²) < 4.78 is 23.3. The minimum atomic E-state index is -3.43. The van der Waals surface area contributed by atoms with Gasteiger partial charge in [0.15, 0.2) is 9.84 Å². The highest BCUT2D eigenvalue weighted by atomic mass is 32.2. The summed E-state index contributed by atoms with van der Waals surface area (Å²) in [6.45, 7) is 7.92. The number of nitrogens with one attached hydrogen (secondary N) is 2. The second-order valence-electron chi connectivity index (χ2n) is 7.48. The van der Waals surface area contributed by atoms with Crippen LogP contribution in [0.4, 0.5) is 0 Å². The highest BCUT2D eigenvalue weighted by molar-refractivity contribution is 7.90. The van der Waals surface area contributed by atoms with E-state index in [0.717, 1.165) is 11.8 Å². The van der Waals surface area contributed by atoms with E-state index in [1.54, 1.807) is 25.1 Å². The normalized spacial score (nSPS) is 11.7. The van der Waals surface area contributed by atoms with Gasteiger partial charge in [0.2, 0.25) is 0 Å². The fourth-order valence-electron chi connectivity index (χ4n) is 2.45. The summed E-state index contributed by atoms with van der Waals surface area (Å²) in [6, 6.07) is 11.4. The van der Waals surface area contributed by atoms with Crippen molar-refractivity contribution in [3.05, 3.63) is 64.7 Å². The van der Waals surface area contributed by atoms with E-state index in [4.69, 9.17) is 0 Å². The molecule has 0 aromatic heterocycles. The van der Waals surface area contributed by atoms with Gasteiger partial charge in [0, 0.05) is 17.4 Å². The van der Waals surface area contributed by atoms with Crippen molar-refractivity contribution in [2.45, 2.75) is 38.0 Å². The van der Waals surface area contributed by atoms with Crippen LogP contribution in [0.5, 0.6) is 0 Å².